The van der Waals surface area contributed by atoms with Gasteiger partial charge in [0.25, 0.3) is 0 Å². The molecule has 2 heteroatoms. The summed E-state index contributed by atoms with van der Waals surface area (Å²) < 4.78 is 0. The Morgan fingerprint density at radius 2 is 1.36 bits per heavy atom. The molecule has 0 radical (unpaired) electrons. The predicted molar refractivity (Wildman–Crippen MR) is 69.0 cm³/mol. The van der Waals surface area contributed by atoms with Crippen molar-refractivity contribution >= 4 is 25.9 Å². The van der Waals surface area contributed by atoms with Crippen LogP contribution >= 0.6 is 5.51 Å². The molecule has 78 valence electrons. The van der Waals surface area contributed by atoms with Gasteiger partial charge in [0.05, 0.1) is 0 Å². The zero-order valence-electron chi connectivity index (χ0n) is 9.40. The molecule has 0 spiro atoms. The molecule has 0 heterocycles. The molecule has 0 aliphatic carbocycles. The van der Waals surface area contributed by atoms with E-state index in [1.165, 1.54) is 5.30 Å². The van der Waals surface area contributed by atoms with Crippen molar-refractivity contribution in [3.05, 3.63) is 30.3 Å². The van der Waals surface area contributed by atoms with Crippen LogP contribution in [-0.4, -0.2) is 26.4 Å². The average molecular weight is 273 g/mol. The van der Waals surface area contributed by atoms with Crippen molar-refractivity contribution in [2.45, 2.75) is 39.0 Å². The topological polar surface area (TPSA) is 0 Å². The molecular weight excluding hydrogens is 254 g/mol. The van der Waals surface area contributed by atoms with Gasteiger partial charge < -0.3 is 0 Å². The van der Waals surface area contributed by atoms with E-state index in [2.05, 4.69) is 73.1 Å². The van der Waals surface area contributed by atoms with Gasteiger partial charge in [0.2, 0.25) is 0 Å². The molecule has 0 bridgehead atoms. The van der Waals surface area contributed by atoms with Crippen LogP contribution < -0.4 is 5.30 Å². The van der Waals surface area contributed by atoms with Gasteiger partial charge in [-0.25, -0.2) is 0 Å². The Bertz CT molecular complexity index is 315. The first-order valence-electron chi connectivity index (χ1n) is 5.14. The van der Waals surface area contributed by atoms with Crippen LogP contribution in [0.25, 0.3) is 0 Å². The minimum absolute atomic E-state index is 0.727. The number of benzene rings is 1. The maximum absolute atomic E-state index is 3.52. The van der Waals surface area contributed by atoms with Gasteiger partial charge in [0.15, 0.2) is 0 Å². The molecule has 0 fully saturated rings. The van der Waals surface area contributed by atoms with Gasteiger partial charge >= 0.3 is 95.3 Å². The summed E-state index contributed by atoms with van der Waals surface area (Å²) in [5, 5.41) is 1.52. The first-order chi connectivity index (χ1) is 6.49. The molecule has 0 unspecified atom stereocenters. The number of hydrogen-bond acceptors (Lipinski definition) is 0. The monoisotopic (exact) mass is 274 g/mol. The Labute approximate surface area is 95.3 Å². The normalized spacial score (nSPS) is 12.4. The number of hydrogen-bond donors (Lipinski definition) is 0. The quantitative estimate of drug-likeness (QED) is 0.586. The molecule has 1 aromatic carbocycles. The SMILES string of the molecule is CC(C)P(=[Se])(c1ccccc1)C(C)C. The Morgan fingerprint density at radius 3 is 1.71 bits per heavy atom. The standard InChI is InChI=1S/C12H19PSe/c1-10(2)13(14,11(3)4)12-8-6-5-7-9-12/h5-11H,1-4H3. The van der Waals surface area contributed by atoms with Gasteiger partial charge in [0.1, 0.15) is 0 Å². The van der Waals surface area contributed by atoms with Gasteiger partial charge in [-0.15, -0.1) is 0 Å². The van der Waals surface area contributed by atoms with Gasteiger partial charge in [-0.3, -0.25) is 0 Å². The van der Waals surface area contributed by atoms with E-state index in [0.717, 1.165) is 11.3 Å². The van der Waals surface area contributed by atoms with Gasteiger partial charge in [-0.1, -0.05) is 0 Å². The molecule has 0 aliphatic heterocycles. The summed E-state index contributed by atoms with van der Waals surface area (Å²) in [6.45, 7) is 9.32. The fraction of sp³-hybridized carbons (Fsp3) is 0.500. The summed E-state index contributed by atoms with van der Waals surface area (Å²) in [5.74, 6) is 0. The second kappa shape index (κ2) is 4.79. The van der Waals surface area contributed by atoms with Crippen molar-refractivity contribution in [2.24, 2.45) is 0 Å². The first-order valence-corrected chi connectivity index (χ1v) is 9.29. The van der Waals surface area contributed by atoms with E-state index in [-0.39, 0.29) is 0 Å². The van der Waals surface area contributed by atoms with Crippen molar-refractivity contribution in [1.29, 1.82) is 0 Å². The molecule has 1 rings (SSSR count). The van der Waals surface area contributed by atoms with Crippen LogP contribution in [0.3, 0.4) is 0 Å². The number of rotatable bonds is 3. The van der Waals surface area contributed by atoms with Crippen LogP contribution in [0.5, 0.6) is 0 Å². The van der Waals surface area contributed by atoms with Gasteiger partial charge in [-0.2, -0.15) is 0 Å². The predicted octanol–water partition coefficient (Wildman–Crippen LogP) is 3.23. The first kappa shape index (κ1) is 12.2. The van der Waals surface area contributed by atoms with Crippen molar-refractivity contribution in [1.82, 2.24) is 0 Å². The van der Waals surface area contributed by atoms with E-state index in [1.807, 2.05) is 0 Å². The molecule has 0 atom stereocenters. The van der Waals surface area contributed by atoms with Crippen LogP contribution in [0, 0.1) is 0 Å². The Balaban J connectivity index is 3.21. The van der Waals surface area contributed by atoms with E-state index in [9.17, 15) is 0 Å². The second-order valence-electron chi connectivity index (χ2n) is 4.23. The van der Waals surface area contributed by atoms with Crippen LogP contribution in [0.4, 0.5) is 0 Å². The van der Waals surface area contributed by atoms with E-state index < -0.39 is 5.51 Å². The Morgan fingerprint density at radius 1 is 0.929 bits per heavy atom. The third kappa shape index (κ3) is 2.22. The Kier molecular flexibility index (Phi) is 4.19. The van der Waals surface area contributed by atoms with E-state index in [4.69, 9.17) is 0 Å². The molecule has 0 saturated carbocycles. The van der Waals surface area contributed by atoms with Crippen LogP contribution in [0.2, 0.25) is 0 Å². The molecule has 0 nitrogen and oxygen atoms in total. The van der Waals surface area contributed by atoms with Gasteiger partial charge in [0, 0.05) is 0 Å². The summed E-state index contributed by atoms with van der Waals surface area (Å²) in [4.78, 5) is 0. The fourth-order valence-electron chi connectivity index (χ4n) is 1.85. The summed E-state index contributed by atoms with van der Waals surface area (Å²) in [7, 11) is 0. The summed E-state index contributed by atoms with van der Waals surface area (Å²) in [5.41, 5.74) is 0.363. The van der Waals surface area contributed by atoms with E-state index in [0.29, 0.717) is 0 Å². The van der Waals surface area contributed by atoms with E-state index >= 15 is 0 Å². The van der Waals surface area contributed by atoms with Gasteiger partial charge in [-0.05, 0) is 0 Å². The molecule has 0 aromatic heterocycles. The zero-order valence-corrected chi connectivity index (χ0v) is 12.0. The maximum atomic E-state index is 3.52. The van der Waals surface area contributed by atoms with E-state index in [1.54, 1.807) is 0 Å². The molecule has 0 amide bonds. The van der Waals surface area contributed by atoms with Crippen LogP contribution in [0.15, 0.2) is 30.3 Å². The van der Waals surface area contributed by atoms with Crippen LogP contribution in [-0.2, 0) is 0 Å². The summed E-state index contributed by atoms with van der Waals surface area (Å²) >= 11 is 3.52. The van der Waals surface area contributed by atoms with Crippen molar-refractivity contribution in [3.8, 4) is 0 Å². The Hall–Kier alpha value is 0.169. The zero-order chi connectivity index (χ0) is 10.8. The summed E-state index contributed by atoms with van der Waals surface area (Å²) in [6, 6.07) is 10.9. The molecule has 1 aromatic rings. The molecule has 0 aliphatic rings. The second-order valence-corrected chi connectivity index (χ2v) is 12.0. The minimum atomic E-state index is -1.09. The van der Waals surface area contributed by atoms with Crippen LogP contribution in [0.1, 0.15) is 27.7 Å². The fourth-order valence-corrected chi connectivity index (χ4v) is 5.64. The molecule has 0 saturated heterocycles. The van der Waals surface area contributed by atoms with Crippen molar-refractivity contribution < 1.29 is 0 Å². The molecule has 14 heavy (non-hydrogen) atoms. The average Bonchev–Trinajstić information content (AvgIpc) is 2.17. The summed E-state index contributed by atoms with van der Waals surface area (Å²) in [6.07, 6.45) is 0. The molecular formula is C12H19PSe. The van der Waals surface area contributed by atoms with Crippen molar-refractivity contribution in [2.75, 3.05) is 0 Å². The molecule has 0 N–H and O–H groups in total. The third-order valence-corrected chi connectivity index (χ3v) is 13.5. The third-order valence-electron chi connectivity index (χ3n) is 2.69. The van der Waals surface area contributed by atoms with Crippen molar-refractivity contribution in [3.63, 3.8) is 0 Å².